The molecular formula is C16H31N3O. The van der Waals surface area contributed by atoms with Gasteiger partial charge in [-0.2, -0.15) is 5.10 Å². The zero-order chi connectivity index (χ0) is 15.3. The molecule has 0 aliphatic rings. The van der Waals surface area contributed by atoms with Gasteiger partial charge in [0, 0.05) is 30.9 Å². The van der Waals surface area contributed by atoms with Crippen molar-refractivity contribution in [1.29, 1.82) is 0 Å². The first-order chi connectivity index (χ1) is 9.46. The number of aromatic nitrogens is 2. The van der Waals surface area contributed by atoms with Crippen LogP contribution in [0.1, 0.15) is 63.0 Å². The zero-order valence-electron chi connectivity index (χ0n) is 13.9. The minimum Gasteiger partial charge on any atom is -0.392 e. The van der Waals surface area contributed by atoms with Crippen LogP contribution in [-0.4, -0.2) is 27.5 Å². The maximum absolute atomic E-state index is 10.3. The molecule has 1 rings (SSSR count). The fourth-order valence-electron chi connectivity index (χ4n) is 3.01. The Morgan fingerprint density at radius 1 is 1.15 bits per heavy atom. The first-order valence-electron chi connectivity index (χ1n) is 7.87. The molecule has 0 amide bonds. The van der Waals surface area contributed by atoms with Gasteiger partial charge in [-0.15, -0.1) is 0 Å². The number of aliphatic hydroxyl groups excluding tert-OH is 1. The number of aliphatic hydroxyl groups is 1. The number of hydrogen-bond donors (Lipinski definition) is 2. The monoisotopic (exact) mass is 281 g/mol. The number of rotatable bonds is 8. The van der Waals surface area contributed by atoms with E-state index < -0.39 is 0 Å². The summed E-state index contributed by atoms with van der Waals surface area (Å²) in [5.41, 5.74) is 3.58. The van der Waals surface area contributed by atoms with Crippen LogP contribution in [-0.2, 0) is 7.05 Å². The van der Waals surface area contributed by atoms with Crippen LogP contribution < -0.4 is 5.32 Å². The molecule has 0 aromatic carbocycles. The van der Waals surface area contributed by atoms with Gasteiger partial charge < -0.3 is 10.4 Å². The van der Waals surface area contributed by atoms with E-state index in [1.165, 1.54) is 11.3 Å². The van der Waals surface area contributed by atoms with Gasteiger partial charge >= 0.3 is 0 Å². The topological polar surface area (TPSA) is 50.1 Å². The van der Waals surface area contributed by atoms with Crippen LogP contribution in [0.2, 0.25) is 0 Å². The number of hydrogen-bond acceptors (Lipinski definition) is 3. The Morgan fingerprint density at radius 3 is 2.15 bits per heavy atom. The molecule has 0 fully saturated rings. The molecule has 4 heteroatoms. The zero-order valence-corrected chi connectivity index (χ0v) is 13.9. The van der Waals surface area contributed by atoms with Crippen molar-refractivity contribution in [3.05, 3.63) is 17.0 Å². The molecule has 2 atom stereocenters. The highest BCUT2D eigenvalue weighted by Crippen LogP contribution is 2.24. The van der Waals surface area contributed by atoms with Crippen LogP contribution in [0, 0.1) is 19.8 Å². The van der Waals surface area contributed by atoms with Crippen molar-refractivity contribution in [3.8, 4) is 0 Å². The van der Waals surface area contributed by atoms with Crippen molar-refractivity contribution in [3.63, 3.8) is 0 Å². The van der Waals surface area contributed by atoms with E-state index in [0.717, 1.165) is 25.0 Å². The molecule has 20 heavy (non-hydrogen) atoms. The van der Waals surface area contributed by atoms with Gasteiger partial charge in [0.05, 0.1) is 11.8 Å². The SMILES string of the molecule is CCC(NCC(O)C(CC)CC)c1c(C)nn(C)c1C. The molecule has 1 aromatic rings. The fraction of sp³-hybridized carbons (Fsp3) is 0.812. The lowest BCUT2D eigenvalue weighted by Gasteiger charge is -2.24. The van der Waals surface area contributed by atoms with Crippen LogP contribution >= 0.6 is 0 Å². The quantitative estimate of drug-likeness (QED) is 0.770. The molecule has 1 heterocycles. The first-order valence-corrected chi connectivity index (χ1v) is 7.87. The Balaban J connectivity index is 2.73. The summed E-state index contributed by atoms with van der Waals surface area (Å²) in [6.07, 6.45) is 2.79. The van der Waals surface area contributed by atoms with Crippen LogP contribution in [0.3, 0.4) is 0 Å². The van der Waals surface area contributed by atoms with Crippen molar-refractivity contribution in [2.24, 2.45) is 13.0 Å². The highest BCUT2D eigenvalue weighted by atomic mass is 16.3. The molecule has 0 radical (unpaired) electrons. The Labute approximate surface area is 123 Å². The lowest BCUT2D eigenvalue weighted by atomic mass is 9.95. The Bertz CT molecular complexity index is 410. The van der Waals surface area contributed by atoms with Crippen molar-refractivity contribution in [1.82, 2.24) is 15.1 Å². The molecule has 0 bridgehead atoms. The number of nitrogens with zero attached hydrogens (tertiary/aromatic N) is 2. The predicted octanol–water partition coefficient (Wildman–Crippen LogP) is 2.87. The lowest BCUT2D eigenvalue weighted by Crippen LogP contribution is -2.35. The van der Waals surface area contributed by atoms with Gasteiger partial charge in [-0.3, -0.25) is 4.68 Å². The van der Waals surface area contributed by atoms with E-state index in [1.54, 1.807) is 0 Å². The highest BCUT2D eigenvalue weighted by Gasteiger charge is 2.21. The van der Waals surface area contributed by atoms with E-state index in [0.29, 0.717) is 12.5 Å². The van der Waals surface area contributed by atoms with Gasteiger partial charge in [0.25, 0.3) is 0 Å². The fourth-order valence-corrected chi connectivity index (χ4v) is 3.01. The van der Waals surface area contributed by atoms with Crippen molar-refractivity contribution < 1.29 is 5.11 Å². The average Bonchev–Trinajstić information content (AvgIpc) is 2.67. The Morgan fingerprint density at radius 2 is 1.75 bits per heavy atom. The van der Waals surface area contributed by atoms with Gasteiger partial charge in [-0.25, -0.2) is 0 Å². The third-order valence-corrected chi connectivity index (χ3v) is 4.49. The van der Waals surface area contributed by atoms with Gasteiger partial charge in [0.1, 0.15) is 0 Å². The summed E-state index contributed by atoms with van der Waals surface area (Å²) in [5.74, 6) is 0.385. The second-order valence-corrected chi connectivity index (χ2v) is 5.72. The summed E-state index contributed by atoms with van der Waals surface area (Å²) in [5, 5.41) is 18.3. The van der Waals surface area contributed by atoms with Crippen molar-refractivity contribution in [2.75, 3.05) is 6.54 Å². The number of aryl methyl sites for hydroxylation is 2. The lowest BCUT2D eigenvalue weighted by molar-refractivity contribution is 0.0980. The highest BCUT2D eigenvalue weighted by molar-refractivity contribution is 5.28. The summed E-state index contributed by atoms with van der Waals surface area (Å²) in [6.45, 7) is 11.3. The van der Waals surface area contributed by atoms with Gasteiger partial charge in [-0.1, -0.05) is 33.6 Å². The van der Waals surface area contributed by atoms with Crippen LogP contribution in [0.4, 0.5) is 0 Å². The largest absolute Gasteiger partial charge is 0.392 e. The predicted molar refractivity (Wildman–Crippen MR) is 83.8 cm³/mol. The second-order valence-electron chi connectivity index (χ2n) is 5.72. The first kappa shape index (κ1) is 17.2. The second kappa shape index (κ2) is 7.79. The summed E-state index contributed by atoms with van der Waals surface area (Å²) in [4.78, 5) is 0. The summed E-state index contributed by atoms with van der Waals surface area (Å²) >= 11 is 0. The van der Waals surface area contributed by atoms with E-state index >= 15 is 0 Å². The normalized spacial score (nSPS) is 14.8. The Kier molecular flexibility index (Phi) is 6.69. The van der Waals surface area contributed by atoms with Gasteiger partial charge in [0.2, 0.25) is 0 Å². The molecule has 0 aliphatic heterocycles. The molecule has 116 valence electrons. The van der Waals surface area contributed by atoms with Crippen LogP contribution in [0.25, 0.3) is 0 Å². The third-order valence-electron chi connectivity index (χ3n) is 4.49. The Hall–Kier alpha value is -0.870. The van der Waals surface area contributed by atoms with E-state index in [-0.39, 0.29) is 12.1 Å². The van der Waals surface area contributed by atoms with E-state index in [2.05, 4.69) is 45.0 Å². The van der Waals surface area contributed by atoms with Crippen LogP contribution in [0.15, 0.2) is 0 Å². The minimum atomic E-state index is -0.267. The molecule has 0 saturated carbocycles. The molecule has 0 saturated heterocycles. The van der Waals surface area contributed by atoms with Crippen molar-refractivity contribution >= 4 is 0 Å². The summed E-state index contributed by atoms with van der Waals surface area (Å²) in [7, 11) is 1.98. The molecule has 2 unspecified atom stereocenters. The van der Waals surface area contributed by atoms with Gasteiger partial charge in [0.15, 0.2) is 0 Å². The molecule has 4 nitrogen and oxygen atoms in total. The smallest absolute Gasteiger partial charge is 0.0692 e. The standard InChI is InChI=1S/C16H31N3O/c1-7-13(8-2)15(20)10-17-14(9-3)16-11(4)18-19(6)12(16)5/h13-15,17,20H,7-10H2,1-6H3. The van der Waals surface area contributed by atoms with E-state index in [1.807, 2.05) is 11.7 Å². The number of nitrogens with one attached hydrogen (secondary N) is 1. The van der Waals surface area contributed by atoms with E-state index in [9.17, 15) is 5.11 Å². The molecule has 1 aromatic heterocycles. The summed E-state index contributed by atoms with van der Waals surface area (Å²) in [6, 6.07) is 0.271. The molecule has 0 spiro atoms. The maximum atomic E-state index is 10.3. The summed E-state index contributed by atoms with van der Waals surface area (Å²) < 4.78 is 1.94. The molecular weight excluding hydrogens is 250 g/mol. The van der Waals surface area contributed by atoms with Crippen molar-refractivity contribution in [2.45, 2.75) is 66.0 Å². The average molecular weight is 281 g/mol. The molecule has 0 aliphatic carbocycles. The molecule has 2 N–H and O–H groups in total. The van der Waals surface area contributed by atoms with Gasteiger partial charge in [-0.05, 0) is 26.2 Å². The van der Waals surface area contributed by atoms with E-state index in [4.69, 9.17) is 0 Å². The maximum Gasteiger partial charge on any atom is 0.0692 e. The third kappa shape index (κ3) is 3.83. The minimum absolute atomic E-state index is 0.267. The van der Waals surface area contributed by atoms with Crippen LogP contribution in [0.5, 0.6) is 0 Å².